The lowest BCUT2D eigenvalue weighted by molar-refractivity contribution is -0.123. The van der Waals surface area contributed by atoms with E-state index < -0.39 is 0 Å². The second-order valence-electron chi connectivity index (χ2n) is 5.48. The lowest BCUT2D eigenvalue weighted by Crippen LogP contribution is -2.28. The molecule has 2 N–H and O–H groups in total. The molecule has 0 spiro atoms. The van der Waals surface area contributed by atoms with Gasteiger partial charge >= 0.3 is 0 Å². The molecule has 0 saturated carbocycles. The third-order valence-corrected chi connectivity index (χ3v) is 4.15. The summed E-state index contributed by atoms with van der Waals surface area (Å²) >= 11 is 1.50. The summed E-state index contributed by atoms with van der Waals surface area (Å²) in [5, 5.41) is 9.36. The van der Waals surface area contributed by atoms with Crippen LogP contribution in [0.5, 0.6) is 11.5 Å². The summed E-state index contributed by atoms with van der Waals surface area (Å²) < 4.78 is 10.7. The van der Waals surface area contributed by atoms with Gasteiger partial charge in [-0.2, -0.15) is 5.10 Å². The maximum atomic E-state index is 11.8. The number of aryl methyl sites for hydroxylation is 1. The monoisotopic (exact) mass is 390 g/mol. The van der Waals surface area contributed by atoms with E-state index in [0.717, 1.165) is 10.7 Å². The van der Waals surface area contributed by atoms with E-state index in [9.17, 15) is 9.59 Å². The summed E-state index contributed by atoms with van der Waals surface area (Å²) in [6, 6.07) is 5.13. The van der Waals surface area contributed by atoms with Crippen molar-refractivity contribution in [3.05, 3.63) is 39.8 Å². The van der Waals surface area contributed by atoms with E-state index in [4.69, 9.17) is 9.47 Å². The molecule has 0 saturated heterocycles. The molecule has 1 aromatic carbocycles. The molecule has 0 radical (unpaired) electrons. The second-order valence-corrected chi connectivity index (χ2v) is 6.54. The van der Waals surface area contributed by atoms with Crippen LogP contribution in [0.1, 0.15) is 23.2 Å². The van der Waals surface area contributed by atoms with Gasteiger partial charge in [0.1, 0.15) is 0 Å². The molecule has 8 nitrogen and oxygen atoms in total. The molecule has 2 rings (SSSR count). The third-order valence-electron chi connectivity index (χ3n) is 3.33. The maximum Gasteiger partial charge on any atom is 0.257 e. The Morgan fingerprint density at radius 2 is 2.11 bits per heavy atom. The van der Waals surface area contributed by atoms with Gasteiger partial charge in [0.05, 0.1) is 30.4 Å². The first-order valence-electron chi connectivity index (χ1n) is 8.32. The zero-order valence-corrected chi connectivity index (χ0v) is 16.3. The number of likely N-dealkylation sites (N-methyl/N-ethyl adjacent to an activating group) is 1. The Balaban J connectivity index is 1.91. The molecule has 1 aromatic heterocycles. The van der Waals surface area contributed by atoms with Gasteiger partial charge in [-0.3, -0.25) is 9.59 Å². The van der Waals surface area contributed by atoms with Gasteiger partial charge in [0.2, 0.25) is 5.91 Å². The minimum atomic E-state index is -0.245. The molecule has 0 aliphatic rings. The Labute approximate surface area is 161 Å². The van der Waals surface area contributed by atoms with Gasteiger partial charge in [-0.25, -0.2) is 10.4 Å². The van der Waals surface area contributed by atoms with Gasteiger partial charge in [-0.15, -0.1) is 11.3 Å². The fourth-order valence-corrected chi connectivity index (χ4v) is 2.76. The average molecular weight is 390 g/mol. The van der Waals surface area contributed by atoms with Gasteiger partial charge in [0, 0.05) is 11.9 Å². The molecule has 0 aliphatic carbocycles. The van der Waals surface area contributed by atoms with E-state index in [1.54, 1.807) is 18.2 Å². The van der Waals surface area contributed by atoms with Gasteiger partial charge in [0.15, 0.2) is 18.1 Å². The second kappa shape index (κ2) is 10.3. The van der Waals surface area contributed by atoms with Crippen LogP contribution in [0, 0.1) is 6.92 Å². The molecule has 0 bridgehead atoms. The Morgan fingerprint density at radius 3 is 2.78 bits per heavy atom. The fourth-order valence-electron chi connectivity index (χ4n) is 2.15. The predicted molar refractivity (Wildman–Crippen MR) is 103 cm³/mol. The highest BCUT2D eigenvalue weighted by molar-refractivity contribution is 7.09. The highest BCUT2D eigenvalue weighted by Gasteiger charge is 2.08. The van der Waals surface area contributed by atoms with E-state index in [0.29, 0.717) is 23.6 Å². The smallest absolute Gasteiger partial charge is 0.257 e. The number of amides is 2. The number of benzene rings is 1. The van der Waals surface area contributed by atoms with Crippen molar-refractivity contribution in [3.8, 4) is 11.5 Å². The average Bonchev–Trinajstić information content (AvgIpc) is 3.05. The largest absolute Gasteiger partial charge is 0.493 e. The number of carbonyl (C=O) groups is 2. The fraction of sp³-hybridized carbons (Fsp3) is 0.333. The van der Waals surface area contributed by atoms with Crippen molar-refractivity contribution >= 4 is 29.4 Å². The van der Waals surface area contributed by atoms with Crippen LogP contribution in [0.15, 0.2) is 28.7 Å². The van der Waals surface area contributed by atoms with Crippen LogP contribution in [0.3, 0.4) is 0 Å². The van der Waals surface area contributed by atoms with E-state index in [2.05, 4.69) is 20.8 Å². The van der Waals surface area contributed by atoms with Crippen molar-refractivity contribution in [1.82, 2.24) is 15.7 Å². The SMILES string of the molecule is CCNC(=O)COc1ccc(/C=N\NC(=O)Cc2csc(C)n2)cc1OC. The summed E-state index contributed by atoms with van der Waals surface area (Å²) in [7, 11) is 1.51. The molecular formula is C18H22N4O4S. The minimum Gasteiger partial charge on any atom is -0.493 e. The molecule has 2 aromatic rings. The molecule has 9 heteroatoms. The Morgan fingerprint density at radius 1 is 1.30 bits per heavy atom. The van der Waals surface area contributed by atoms with E-state index in [-0.39, 0.29) is 24.8 Å². The Hall–Kier alpha value is -2.94. The van der Waals surface area contributed by atoms with E-state index >= 15 is 0 Å². The molecular weight excluding hydrogens is 368 g/mol. The van der Waals surface area contributed by atoms with Crippen molar-refractivity contribution in [1.29, 1.82) is 0 Å². The third kappa shape index (κ3) is 6.70. The van der Waals surface area contributed by atoms with Gasteiger partial charge in [-0.1, -0.05) is 0 Å². The van der Waals surface area contributed by atoms with Crippen LogP contribution in [0.4, 0.5) is 0 Å². The molecule has 0 atom stereocenters. The molecule has 144 valence electrons. The molecule has 0 unspecified atom stereocenters. The van der Waals surface area contributed by atoms with Crippen LogP contribution in [0.2, 0.25) is 0 Å². The summed E-state index contributed by atoms with van der Waals surface area (Å²) in [4.78, 5) is 27.6. The number of hydrogen-bond acceptors (Lipinski definition) is 7. The number of methoxy groups -OCH3 is 1. The topological polar surface area (TPSA) is 102 Å². The molecule has 27 heavy (non-hydrogen) atoms. The number of rotatable bonds is 9. The van der Waals surface area contributed by atoms with Crippen molar-refractivity contribution in [3.63, 3.8) is 0 Å². The summed E-state index contributed by atoms with van der Waals surface area (Å²) in [5.41, 5.74) is 3.90. The highest BCUT2D eigenvalue weighted by Crippen LogP contribution is 2.27. The first-order valence-corrected chi connectivity index (χ1v) is 9.20. The Kier molecular flexibility index (Phi) is 7.75. The van der Waals surface area contributed by atoms with Gasteiger partial charge in [-0.05, 0) is 37.6 Å². The normalized spacial score (nSPS) is 10.6. The van der Waals surface area contributed by atoms with Crippen molar-refractivity contribution in [2.24, 2.45) is 5.10 Å². The number of thiazole rings is 1. The first-order chi connectivity index (χ1) is 13.0. The number of hydrogen-bond donors (Lipinski definition) is 2. The number of nitrogens with one attached hydrogen (secondary N) is 2. The van der Waals surface area contributed by atoms with Gasteiger partial charge in [0.25, 0.3) is 5.91 Å². The van der Waals surface area contributed by atoms with Crippen molar-refractivity contribution in [2.75, 3.05) is 20.3 Å². The number of hydrazone groups is 1. The summed E-state index contributed by atoms with van der Waals surface area (Å²) in [5.74, 6) is 0.463. The maximum absolute atomic E-state index is 11.8. The molecule has 2 amide bonds. The van der Waals surface area contributed by atoms with E-state index in [1.165, 1.54) is 24.7 Å². The quantitative estimate of drug-likeness (QED) is 0.501. The van der Waals surface area contributed by atoms with Crippen LogP contribution in [-0.4, -0.2) is 43.3 Å². The number of nitrogens with zero attached hydrogens (tertiary/aromatic N) is 2. The van der Waals surface area contributed by atoms with Crippen molar-refractivity contribution in [2.45, 2.75) is 20.3 Å². The van der Waals surface area contributed by atoms with Crippen LogP contribution in [-0.2, 0) is 16.0 Å². The number of ether oxygens (including phenoxy) is 2. The zero-order chi connectivity index (χ0) is 19.6. The van der Waals surface area contributed by atoms with Crippen molar-refractivity contribution < 1.29 is 19.1 Å². The van der Waals surface area contributed by atoms with Gasteiger partial charge < -0.3 is 14.8 Å². The van der Waals surface area contributed by atoms with Crippen LogP contribution in [0.25, 0.3) is 0 Å². The molecule has 0 aliphatic heterocycles. The summed E-state index contributed by atoms with van der Waals surface area (Å²) in [6.07, 6.45) is 1.68. The lowest BCUT2D eigenvalue weighted by atomic mass is 10.2. The predicted octanol–water partition coefficient (Wildman–Crippen LogP) is 1.67. The van der Waals surface area contributed by atoms with E-state index in [1.807, 2.05) is 19.2 Å². The summed E-state index contributed by atoms with van der Waals surface area (Å²) in [6.45, 7) is 4.18. The number of carbonyl (C=O) groups excluding carboxylic acids is 2. The van der Waals surface area contributed by atoms with Crippen LogP contribution < -0.4 is 20.2 Å². The highest BCUT2D eigenvalue weighted by atomic mass is 32.1. The lowest BCUT2D eigenvalue weighted by Gasteiger charge is -2.11. The first kappa shape index (κ1) is 20.4. The zero-order valence-electron chi connectivity index (χ0n) is 15.4. The standard InChI is InChI=1S/C18H22N4O4S/c1-4-19-18(24)10-26-15-6-5-13(7-16(15)25-3)9-20-22-17(23)8-14-11-27-12(2)21-14/h5-7,9,11H,4,8,10H2,1-3H3,(H,19,24)(H,22,23)/b20-9-. The Bertz CT molecular complexity index is 819. The molecule has 0 fully saturated rings. The molecule has 1 heterocycles. The minimum absolute atomic E-state index is 0.0935. The van der Waals surface area contributed by atoms with Crippen LogP contribution >= 0.6 is 11.3 Å². The number of aromatic nitrogens is 1.